The molecule has 1 aromatic carbocycles. The number of para-hydroxylation sites is 1. The minimum absolute atomic E-state index is 0.459. The molecule has 0 saturated carbocycles. The molecule has 2 aliphatic heterocycles. The highest BCUT2D eigenvalue weighted by Gasteiger charge is 2.34. The summed E-state index contributed by atoms with van der Waals surface area (Å²) in [6.07, 6.45) is 1.24. The molecule has 1 aromatic rings. The monoisotopic (exact) mass is 260 g/mol. The second kappa shape index (κ2) is 5.51. The zero-order chi connectivity index (χ0) is 13.2. The van der Waals surface area contributed by atoms with Crippen LogP contribution in [0.25, 0.3) is 0 Å². The Morgan fingerprint density at radius 2 is 2.21 bits per heavy atom. The maximum atomic E-state index is 5.82. The van der Waals surface area contributed by atoms with Crippen LogP contribution in [0, 0.1) is 5.92 Å². The second-order valence-electron chi connectivity index (χ2n) is 5.79. The zero-order valence-electron chi connectivity index (χ0n) is 11.9. The summed E-state index contributed by atoms with van der Waals surface area (Å²) < 4.78 is 5.82. The minimum atomic E-state index is 0.459. The summed E-state index contributed by atoms with van der Waals surface area (Å²) in [6.45, 7) is 8.79. The number of nitrogens with zero attached hydrogens (tertiary/aromatic N) is 1. The fourth-order valence-electron chi connectivity index (χ4n) is 3.47. The number of rotatable bonds is 3. The summed E-state index contributed by atoms with van der Waals surface area (Å²) in [7, 11) is 0. The van der Waals surface area contributed by atoms with E-state index in [9.17, 15) is 0 Å². The Kier molecular flexibility index (Phi) is 3.76. The van der Waals surface area contributed by atoms with E-state index in [4.69, 9.17) is 4.74 Å². The molecule has 1 saturated heterocycles. The SMILES string of the molecule is CCNC1CCN(C2COc3ccccc32)CC1C. The molecule has 0 aromatic heterocycles. The molecule has 3 heteroatoms. The van der Waals surface area contributed by atoms with E-state index < -0.39 is 0 Å². The van der Waals surface area contributed by atoms with Crippen molar-refractivity contribution in [2.45, 2.75) is 32.4 Å². The van der Waals surface area contributed by atoms with Gasteiger partial charge in [0.05, 0.1) is 6.04 Å². The number of benzene rings is 1. The first-order valence-corrected chi connectivity index (χ1v) is 7.48. The highest BCUT2D eigenvalue weighted by molar-refractivity contribution is 5.39. The fourth-order valence-corrected chi connectivity index (χ4v) is 3.47. The van der Waals surface area contributed by atoms with E-state index >= 15 is 0 Å². The third-order valence-corrected chi connectivity index (χ3v) is 4.52. The summed E-state index contributed by atoms with van der Waals surface area (Å²) in [4.78, 5) is 2.60. The molecule has 104 valence electrons. The van der Waals surface area contributed by atoms with Crippen LogP contribution in [0.1, 0.15) is 31.9 Å². The van der Waals surface area contributed by atoms with Crippen molar-refractivity contribution in [2.24, 2.45) is 5.92 Å². The lowest BCUT2D eigenvalue weighted by atomic mass is 9.92. The molecule has 2 aliphatic rings. The lowest BCUT2D eigenvalue weighted by Crippen LogP contribution is -2.49. The van der Waals surface area contributed by atoms with Crippen LogP contribution in [0.5, 0.6) is 5.75 Å². The molecule has 0 amide bonds. The van der Waals surface area contributed by atoms with Gasteiger partial charge in [-0.2, -0.15) is 0 Å². The molecular weight excluding hydrogens is 236 g/mol. The average molecular weight is 260 g/mol. The van der Waals surface area contributed by atoms with Crippen LogP contribution in [-0.2, 0) is 0 Å². The number of nitrogens with one attached hydrogen (secondary N) is 1. The number of piperidine rings is 1. The van der Waals surface area contributed by atoms with Crippen molar-refractivity contribution < 1.29 is 4.74 Å². The Labute approximate surface area is 115 Å². The summed E-state index contributed by atoms with van der Waals surface area (Å²) in [5.74, 6) is 1.79. The van der Waals surface area contributed by atoms with E-state index in [1.807, 2.05) is 0 Å². The fraction of sp³-hybridized carbons (Fsp3) is 0.625. The molecule has 3 rings (SSSR count). The van der Waals surface area contributed by atoms with Crippen LogP contribution >= 0.6 is 0 Å². The molecule has 2 heterocycles. The summed E-state index contributed by atoms with van der Waals surface area (Å²) in [5.41, 5.74) is 1.37. The van der Waals surface area contributed by atoms with E-state index in [0.29, 0.717) is 18.0 Å². The van der Waals surface area contributed by atoms with E-state index in [1.165, 1.54) is 25.1 Å². The van der Waals surface area contributed by atoms with Gasteiger partial charge in [0.1, 0.15) is 12.4 Å². The number of fused-ring (bicyclic) bond motifs is 1. The lowest BCUT2D eigenvalue weighted by Gasteiger charge is -2.39. The maximum absolute atomic E-state index is 5.82. The van der Waals surface area contributed by atoms with Crippen molar-refractivity contribution in [3.63, 3.8) is 0 Å². The van der Waals surface area contributed by atoms with Gasteiger partial charge < -0.3 is 10.1 Å². The molecule has 1 N–H and O–H groups in total. The quantitative estimate of drug-likeness (QED) is 0.903. The molecule has 0 spiro atoms. The number of hydrogen-bond donors (Lipinski definition) is 1. The highest BCUT2D eigenvalue weighted by atomic mass is 16.5. The van der Waals surface area contributed by atoms with Gasteiger partial charge in [-0.15, -0.1) is 0 Å². The second-order valence-corrected chi connectivity index (χ2v) is 5.79. The summed E-state index contributed by atoms with van der Waals surface area (Å²) >= 11 is 0. The molecule has 3 nitrogen and oxygen atoms in total. The van der Waals surface area contributed by atoms with Gasteiger partial charge in [0.25, 0.3) is 0 Å². The van der Waals surface area contributed by atoms with Crippen LogP contribution in [0.2, 0.25) is 0 Å². The Morgan fingerprint density at radius 1 is 1.37 bits per heavy atom. The molecule has 1 fully saturated rings. The Balaban J connectivity index is 1.69. The molecule has 0 aliphatic carbocycles. The topological polar surface area (TPSA) is 24.5 Å². The summed E-state index contributed by atoms with van der Waals surface area (Å²) in [6, 6.07) is 9.62. The van der Waals surface area contributed by atoms with Gasteiger partial charge in [-0.25, -0.2) is 0 Å². The highest BCUT2D eigenvalue weighted by Crippen LogP contribution is 2.37. The van der Waals surface area contributed by atoms with Gasteiger partial charge in [0.2, 0.25) is 0 Å². The first-order chi connectivity index (χ1) is 9.29. The van der Waals surface area contributed by atoms with E-state index in [-0.39, 0.29) is 0 Å². The van der Waals surface area contributed by atoms with Gasteiger partial charge in [0.15, 0.2) is 0 Å². The van der Waals surface area contributed by atoms with Crippen molar-refractivity contribution in [1.29, 1.82) is 0 Å². The zero-order valence-corrected chi connectivity index (χ0v) is 11.9. The van der Waals surface area contributed by atoms with Gasteiger partial charge >= 0.3 is 0 Å². The number of likely N-dealkylation sites (tertiary alicyclic amines) is 1. The average Bonchev–Trinajstić information content (AvgIpc) is 2.85. The molecule has 19 heavy (non-hydrogen) atoms. The standard InChI is InChI=1S/C16H24N2O/c1-3-17-14-8-9-18(10-12(14)2)15-11-19-16-7-5-4-6-13(15)16/h4-7,12,14-15,17H,3,8-11H2,1-2H3. The number of ether oxygens (including phenoxy) is 1. The van der Waals surface area contributed by atoms with Gasteiger partial charge in [-0.1, -0.05) is 32.0 Å². The van der Waals surface area contributed by atoms with Crippen LogP contribution in [0.4, 0.5) is 0 Å². The first kappa shape index (κ1) is 12.9. The Hall–Kier alpha value is -1.06. The van der Waals surface area contributed by atoms with E-state index in [0.717, 1.165) is 18.9 Å². The first-order valence-electron chi connectivity index (χ1n) is 7.48. The van der Waals surface area contributed by atoms with Crippen LogP contribution in [0.15, 0.2) is 24.3 Å². The smallest absolute Gasteiger partial charge is 0.124 e. The largest absolute Gasteiger partial charge is 0.491 e. The Morgan fingerprint density at radius 3 is 3.00 bits per heavy atom. The van der Waals surface area contributed by atoms with Gasteiger partial charge in [-0.05, 0) is 24.9 Å². The minimum Gasteiger partial charge on any atom is -0.491 e. The predicted octanol–water partition coefficient (Wildman–Crippen LogP) is 2.44. The van der Waals surface area contributed by atoms with Crippen molar-refractivity contribution in [3.8, 4) is 5.75 Å². The third-order valence-electron chi connectivity index (χ3n) is 4.52. The third kappa shape index (κ3) is 2.49. The molecule has 3 unspecified atom stereocenters. The van der Waals surface area contributed by atoms with E-state index in [2.05, 4.69) is 48.3 Å². The maximum Gasteiger partial charge on any atom is 0.124 e. The van der Waals surface area contributed by atoms with Crippen LogP contribution < -0.4 is 10.1 Å². The molecule has 0 bridgehead atoms. The van der Waals surface area contributed by atoms with Crippen molar-refractivity contribution in [3.05, 3.63) is 29.8 Å². The molecule has 0 radical (unpaired) electrons. The lowest BCUT2D eigenvalue weighted by molar-refractivity contribution is 0.0907. The summed E-state index contributed by atoms with van der Waals surface area (Å²) in [5, 5.41) is 3.61. The van der Waals surface area contributed by atoms with E-state index in [1.54, 1.807) is 0 Å². The van der Waals surface area contributed by atoms with Crippen molar-refractivity contribution >= 4 is 0 Å². The predicted molar refractivity (Wildman–Crippen MR) is 77.5 cm³/mol. The van der Waals surface area contributed by atoms with Gasteiger partial charge in [-0.3, -0.25) is 4.90 Å². The van der Waals surface area contributed by atoms with Crippen molar-refractivity contribution in [2.75, 3.05) is 26.2 Å². The van der Waals surface area contributed by atoms with Crippen molar-refractivity contribution in [1.82, 2.24) is 10.2 Å². The Bertz CT molecular complexity index is 435. The molecular formula is C16H24N2O. The normalized spacial score (nSPS) is 30.9. The van der Waals surface area contributed by atoms with Crippen LogP contribution in [-0.4, -0.2) is 37.2 Å². The number of hydrogen-bond acceptors (Lipinski definition) is 3. The molecule has 3 atom stereocenters. The van der Waals surface area contributed by atoms with Crippen LogP contribution in [0.3, 0.4) is 0 Å². The van der Waals surface area contributed by atoms with Gasteiger partial charge in [0, 0.05) is 24.7 Å².